The fraction of sp³-hybridized carbons (Fsp3) is 0.417. The Labute approximate surface area is 108 Å². The van der Waals surface area contributed by atoms with Gasteiger partial charge in [0.25, 0.3) is 5.92 Å². The highest BCUT2D eigenvalue weighted by Gasteiger charge is 2.44. The number of hydrogen-bond acceptors (Lipinski definition) is 2. The summed E-state index contributed by atoms with van der Waals surface area (Å²) in [7, 11) is 0. The van der Waals surface area contributed by atoms with Gasteiger partial charge in [-0.05, 0) is 19.1 Å². The molecule has 1 aliphatic rings. The normalized spacial score (nSPS) is 22.9. The number of benzene rings is 1. The number of fused-ring (bicyclic) bond motifs is 1. The van der Waals surface area contributed by atoms with Crippen LogP contribution in [0.4, 0.5) is 14.6 Å². The molecule has 96 valence electrons. The van der Waals surface area contributed by atoms with Gasteiger partial charge in [0.2, 0.25) is 0 Å². The highest BCUT2D eigenvalue weighted by molar-refractivity contribution is 6.36. The van der Waals surface area contributed by atoms with Crippen LogP contribution in [0.1, 0.15) is 13.3 Å². The standard InChI is InChI=1S/C12H12ClF2N3/c1-7-5-12(14,15)6-18(7)11-10-8(13)3-2-4-9(10)16-17-11/h2-4,7H,5-6H2,1H3,(H,16,17)/t7-/m1/s1. The number of H-pyrrole nitrogens is 1. The van der Waals surface area contributed by atoms with E-state index in [1.165, 1.54) is 0 Å². The van der Waals surface area contributed by atoms with Crippen LogP contribution in [-0.2, 0) is 0 Å². The minimum Gasteiger partial charge on any atom is -0.346 e. The second kappa shape index (κ2) is 3.82. The molecule has 1 atom stereocenters. The Balaban J connectivity index is 2.10. The minimum absolute atomic E-state index is 0.147. The molecule has 0 bridgehead atoms. The van der Waals surface area contributed by atoms with E-state index >= 15 is 0 Å². The highest BCUT2D eigenvalue weighted by Crippen LogP contribution is 2.39. The average molecular weight is 272 g/mol. The molecule has 1 fully saturated rings. The fourth-order valence-corrected chi connectivity index (χ4v) is 2.78. The molecule has 0 spiro atoms. The molecule has 2 heterocycles. The van der Waals surface area contributed by atoms with Gasteiger partial charge >= 0.3 is 0 Å². The van der Waals surface area contributed by atoms with E-state index in [2.05, 4.69) is 10.2 Å². The number of anilines is 1. The largest absolute Gasteiger partial charge is 0.346 e. The fourth-order valence-electron chi connectivity index (χ4n) is 2.52. The van der Waals surface area contributed by atoms with Gasteiger partial charge < -0.3 is 4.90 Å². The number of alkyl halides is 2. The molecule has 2 aromatic rings. The van der Waals surface area contributed by atoms with Crippen LogP contribution in [0.25, 0.3) is 10.9 Å². The van der Waals surface area contributed by atoms with Crippen molar-refractivity contribution in [2.45, 2.75) is 25.3 Å². The van der Waals surface area contributed by atoms with Crippen LogP contribution in [0.5, 0.6) is 0 Å². The van der Waals surface area contributed by atoms with Gasteiger partial charge in [0.1, 0.15) is 0 Å². The van der Waals surface area contributed by atoms with Crippen molar-refractivity contribution in [2.75, 3.05) is 11.4 Å². The van der Waals surface area contributed by atoms with Gasteiger partial charge in [-0.3, -0.25) is 5.10 Å². The first-order valence-electron chi connectivity index (χ1n) is 5.75. The Morgan fingerprint density at radius 1 is 1.50 bits per heavy atom. The van der Waals surface area contributed by atoms with Crippen molar-refractivity contribution in [3.05, 3.63) is 23.2 Å². The molecule has 0 unspecified atom stereocenters. The average Bonchev–Trinajstić information content (AvgIpc) is 2.80. The van der Waals surface area contributed by atoms with E-state index in [1.54, 1.807) is 24.0 Å². The van der Waals surface area contributed by atoms with E-state index < -0.39 is 5.92 Å². The Hall–Kier alpha value is -1.36. The number of aromatic nitrogens is 2. The van der Waals surface area contributed by atoms with Crippen molar-refractivity contribution in [2.24, 2.45) is 0 Å². The van der Waals surface area contributed by atoms with E-state index in [4.69, 9.17) is 11.6 Å². The van der Waals surface area contributed by atoms with Crippen LogP contribution in [0.15, 0.2) is 18.2 Å². The van der Waals surface area contributed by atoms with Crippen LogP contribution in [0.3, 0.4) is 0 Å². The van der Waals surface area contributed by atoms with Gasteiger partial charge in [0.15, 0.2) is 5.82 Å². The molecule has 1 aliphatic heterocycles. The summed E-state index contributed by atoms with van der Waals surface area (Å²) in [4.78, 5) is 1.62. The molecular weight excluding hydrogens is 260 g/mol. The van der Waals surface area contributed by atoms with Gasteiger partial charge in [0.05, 0.1) is 22.5 Å². The van der Waals surface area contributed by atoms with E-state index in [-0.39, 0.29) is 19.0 Å². The predicted molar refractivity (Wildman–Crippen MR) is 67.5 cm³/mol. The van der Waals surface area contributed by atoms with Crippen molar-refractivity contribution in [3.8, 4) is 0 Å². The summed E-state index contributed by atoms with van der Waals surface area (Å²) < 4.78 is 26.8. The molecule has 6 heteroatoms. The zero-order valence-corrected chi connectivity index (χ0v) is 10.5. The zero-order chi connectivity index (χ0) is 12.9. The molecule has 18 heavy (non-hydrogen) atoms. The number of nitrogens with one attached hydrogen (secondary N) is 1. The summed E-state index contributed by atoms with van der Waals surface area (Å²) >= 11 is 6.13. The summed E-state index contributed by atoms with van der Waals surface area (Å²) in [6.07, 6.45) is -0.147. The summed E-state index contributed by atoms with van der Waals surface area (Å²) in [5.41, 5.74) is 0.764. The van der Waals surface area contributed by atoms with Crippen LogP contribution >= 0.6 is 11.6 Å². The van der Waals surface area contributed by atoms with Gasteiger partial charge in [-0.15, -0.1) is 0 Å². The lowest BCUT2D eigenvalue weighted by Gasteiger charge is -2.20. The predicted octanol–water partition coefficient (Wildman–Crippen LogP) is 3.45. The van der Waals surface area contributed by atoms with Crippen LogP contribution in [-0.4, -0.2) is 28.7 Å². The topological polar surface area (TPSA) is 31.9 Å². The second-order valence-corrected chi connectivity index (χ2v) is 5.15. The Morgan fingerprint density at radius 3 is 2.94 bits per heavy atom. The number of rotatable bonds is 1. The number of nitrogens with zero attached hydrogens (tertiary/aromatic N) is 2. The van der Waals surface area contributed by atoms with Crippen LogP contribution in [0, 0.1) is 0 Å². The van der Waals surface area contributed by atoms with E-state index in [9.17, 15) is 8.78 Å². The van der Waals surface area contributed by atoms with Gasteiger partial charge in [-0.1, -0.05) is 17.7 Å². The summed E-state index contributed by atoms with van der Waals surface area (Å²) in [5, 5.41) is 8.21. The lowest BCUT2D eigenvalue weighted by Crippen LogP contribution is -2.29. The lowest BCUT2D eigenvalue weighted by atomic mass is 10.2. The molecule has 1 N–H and O–H groups in total. The Kier molecular flexibility index (Phi) is 2.48. The third kappa shape index (κ3) is 1.73. The quantitative estimate of drug-likeness (QED) is 0.861. The number of halogens is 3. The molecular formula is C12H12ClF2N3. The van der Waals surface area contributed by atoms with Gasteiger partial charge in [-0.25, -0.2) is 8.78 Å². The van der Waals surface area contributed by atoms with E-state index in [0.29, 0.717) is 16.2 Å². The molecule has 1 aromatic heterocycles. The minimum atomic E-state index is -2.66. The molecule has 0 amide bonds. The van der Waals surface area contributed by atoms with E-state index in [0.717, 1.165) is 5.52 Å². The van der Waals surface area contributed by atoms with Crippen molar-refractivity contribution in [1.82, 2.24) is 10.2 Å². The summed E-state index contributed by atoms with van der Waals surface area (Å²) in [6, 6.07) is 5.12. The van der Waals surface area contributed by atoms with Gasteiger partial charge in [-0.2, -0.15) is 5.10 Å². The first kappa shape index (κ1) is 11.7. The molecule has 1 aromatic carbocycles. The molecule has 0 saturated carbocycles. The zero-order valence-electron chi connectivity index (χ0n) is 9.75. The molecule has 0 radical (unpaired) electrons. The Bertz CT molecular complexity index is 596. The van der Waals surface area contributed by atoms with E-state index in [1.807, 2.05) is 6.07 Å². The molecule has 1 saturated heterocycles. The lowest BCUT2D eigenvalue weighted by molar-refractivity contribution is 0.0229. The molecule has 3 rings (SSSR count). The van der Waals surface area contributed by atoms with Crippen molar-refractivity contribution < 1.29 is 8.78 Å². The van der Waals surface area contributed by atoms with Gasteiger partial charge in [0, 0.05) is 12.5 Å². The molecule has 0 aliphatic carbocycles. The Morgan fingerprint density at radius 2 is 2.28 bits per heavy atom. The third-order valence-electron chi connectivity index (χ3n) is 3.32. The highest BCUT2D eigenvalue weighted by atomic mass is 35.5. The van der Waals surface area contributed by atoms with Crippen LogP contribution in [0.2, 0.25) is 5.02 Å². The van der Waals surface area contributed by atoms with Crippen molar-refractivity contribution in [1.29, 1.82) is 0 Å². The number of aromatic amines is 1. The summed E-state index contributed by atoms with van der Waals surface area (Å²) in [5.74, 6) is -2.15. The third-order valence-corrected chi connectivity index (χ3v) is 3.63. The number of hydrogen-bond donors (Lipinski definition) is 1. The summed E-state index contributed by atoms with van der Waals surface area (Å²) in [6.45, 7) is 1.47. The maximum absolute atomic E-state index is 13.4. The van der Waals surface area contributed by atoms with Crippen molar-refractivity contribution in [3.63, 3.8) is 0 Å². The SMILES string of the molecule is C[C@@H]1CC(F)(F)CN1c1n[nH]c2cccc(Cl)c12. The maximum Gasteiger partial charge on any atom is 0.267 e. The molecule has 3 nitrogen and oxygen atoms in total. The first-order valence-corrected chi connectivity index (χ1v) is 6.13. The second-order valence-electron chi connectivity index (χ2n) is 4.75. The maximum atomic E-state index is 13.4. The van der Waals surface area contributed by atoms with Crippen LogP contribution < -0.4 is 4.90 Å². The smallest absolute Gasteiger partial charge is 0.267 e. The van der Waals surface area contributed by atoms with Crippen molar-refractivity contribution >= 4 is 28.3 Å². The first-order chi connectivity index (χ1) is 8.48. The monoisotopic (exact) mass is 271 g/mol.